The topological polar surface area (TPSA) is 331 Å². The van der Waals surface area contributed by atoms with Gasteiger partial charge in [0.15, 0.2) is 0 Å². The van der Waals surface area contributed by atoms with Gasteiger partial charge in [0.05, 0.1) is 0 Å². The first kappa shape index (κ1) is 36.1. The molecule has 0 spiro atoms. The summed E-state index contributed by atoms with van der Waals surface area (Å²) in [6.45, 7) is 0. The zero-order valence-corrected chi connectivity index (χ0v) is 11.3. The minimum atomic E-state index is -1.58. The molecule has 0 aliphatic carbocycles. The molecule has 15 nitrogen and oxygen atoms in total. The van der Waals surface area contributed by atoms with Gasteiger partial charge >= 0.3 is 18.6 Å². The molecule has 120 valence electrons. The van der Waals surface area contributed by atoms with Gasteiger partial charge in [-0.25, -0.2) is 0 Å². The molecule has 0 unspecified atom stereocenters. The normalized spacial score (nSPS) is 5.71. The van der Waals surface area contributed by atoms with E-state index in [1.807, 2.05) is 0 Å². The van der Waals surface area contributed by atoms with Crippen LogP contribution in [0.4, 0.5) is 24.0 Å². The third kappa shape index (κ3) is 402. The van der Waals surface area contributed by atoms with Gasteiger partial charge in [-0.1, -0.05) is 0 Å². The van der Waals surface area contributed by atoms with Crippen LogP contribution < -0.4 is 54.2 Å². The molecule has 0 bridgehead atoms. The standard InChI is InChI=1S/5CH3NO2.V/c5*2-1(3)4;/h5*2H2,(H,3,4);/q;;;;;+5/p-5. The van der Waals surface area contributed by atoms with Crippen molar-refractivity contribution in [2.24, 2.45) is 28.7 Å². The molecule has 5 amide bonds. The summed E-state index contributed by atoms with van der Waals surface area (Å²) in [5, 5.41) is 43.3. The number of carboxylic acid groups (broad SMARTS) is 5. The third-order valence-electron chi connectivity index (χ3n) is 0. The Kier molecular flexibility index (Phi) is 51.9. The van der Waals surface area contributed by atoms with E-state index in [0.717, 1.165) is 0 Å². The van der Waals surface area contributed by atoms with Gasteiger partial charge in [0, 0.05) is 0 Å². The smallest absolute Gasteiger partial charge is 0.530 e. The maximum Gasteiger partial charge on any atom is 5.00 e. The number of rotatable bonds is 0. The van der Waals surface area contributed by atoms with Crippen LogP contribution in [0, 0.1) is 0 Å². The van der Waals surface area contributed by atoms with Crippen LogP contribution in [-0.2, 0) is 18.6 Å². The fourth-order valence-corrected chi connectivity index (χ4v) is 0. The Morgan fingerprint density at radius 3 is 0.429 bits per heavy atom. The van der Waals surface area contributed by atoms with Gasteiger partial charge in [-0.15, -0.1) is 0 Å². The second-order valence-corrected chi connectivity index (χ2v) is 1.60. The molecular weight excluding hydrogens is 341 g/mol. The Labute approximate surface area is 128 Å². The number of nitrogens with two attached hydrogens (primary N) is 5. The van der Waals surface area contributed by atoms with Crippen molar-refractivity contribution >= 4 is 30.5 Å². The predicted octanol–water partition coefficient (Wildman–Crippen LogP) is -8.56. The van der Waals surface area contributed by atoms with Crippen molar-refractivity contribution in [3.63, 3.8) is 0 Å². The largest absolute Gasteiger partial charge is 5.00 e. The molecule has 16 heteroatoms. The van der Waals surface area contributed by atoms with E-state index in [2.05, 4.69) is 28.7 Å². The van der Waals surface area contributed by atoms with E-state index in [-0.39, 0.29) is 18.6 Å². The number of primary amides is 5. The number of hydrogen-bond acceptors (Lipinski definition) is 10. The molecule has 21 heavy (non-hydrogen) atoms. The summed E-state index contributed by atoms with van der Waals surface area (Å²) in [4.78, 5) is 43.3. The van der Waals surface area contributed by atoms with Crippen LogP contribution in [0.2, 0.25) is 0 Å². The first-order valence-corrected chi connectivity index (χ1v) is 3.48. The Balaban J connectivity index is -0.0000000331. The molecule has 0 saturated carbocycles. The Hall–Kier alpha value is -3.07. The van der Waals surface area contributed by atoms with E-state index >= 15 is 0 Å². The maximum atomic E-state index is 8.67. The summed E-state index contributed by atoms with van der Waals surface area (Å²) < 4.78 is 0. The molecule has 0 atom stereocenters. The first-order valence-electron chi connectivity index (χ1n) is 3.48. The van der Waals surface area contributed by atoms with Crippen LogP contribution in [0.3, 0.4) is 0 Å². The number of carbonyl (C=O) groups is 5. The van der Waals surface area contributed by atoms with Crippen molar-refractivity contribution in [1.29, 1.82) is 0 Å². The number of carbonyl (C=O) groups excluding carboxylic acids is 5. The second-order valence-electron chi connectivity index (χ2n) is 1.60. The molecule has 0 fully saturated rings. The van der Waals surface area contributed by atoms with Crippen molar-refractivity contribution in [3.05, 3.63) is 0 Å². The van der Waals surface area contributed by atoms with E-state index in [4.69, 9.17) is 49.5 Å². The second kappa shape index (κ2) is 30.2. The van der Waals surface area contributed by atoms with Gasteiger partial charge in [-0.3, -0.25) is 0 Å². The zero-order valence-electron chi connectivity index (χ0n) is 9.92. The quantitative estimate of drug-likeness (QED) is 0.274. The molecule has 0 heterocycles. The fraction of sp³-hybridized carbons (Fsp3) is 0. The van der Waals surface area contributed by atoms with Crippen LogP contribution in [0.25, 0.3) is 0 Å². The van der Waals surface area contributed by atoms with Crippen LogP contribution in [0.1, 0.15) is 0 Å². The van der Waals surface area contributed by atoms with E-state index < -0.39 is 30.5 Å². The Morgan fingerprint density at radius 1 is 0.429 bits per heavy atom. The predicted molar refractivity (Wildman–Crippen MR) is 47.9 cm³/mol. The first-order chi connectivity index (χ1) is 8.66. The van der Waals surface area contributed by atoms with Gasteiger partial charge < -0.3 is 78.2 Å². The monoisotopic (exact) mass is 351 g/mol. The summed E-state index contributed by atoms with van der Waals surface area (Å²) in [5.74, 6) is 0. The number of hydrogen-bond donors (Lipinski definition) is 5. The molecule has 0 aromatic rings. The van der Waals surface area contributed by atoms with Gasteiger partial charge in [-0.05, 0) is 0 Å². The van der Waals surface area contributed by atoms with Gasteiger partial charge in [0.1, 0.15) is 30.5 Å². The Bertz CT molecular complexity index is 221. The van der Waals surface area contributed by atoms with E-state index in [1.54, 1.807) is 0 Å². The molecule has 0 aromatic carbocycles. The molecule has 0 aromatic heterocycles. The minimum Gasteiger partial charge on any atom is -0.530 e. The van der Waals surface area contributed by atoms with Gasteiger partial charge in [0.25, 0.3) is 0 Å². The van der Waals surface area contributed by atoms with Gasteiger partial charge in [0.2, 0.25) is 0 Å². The van der Waals surface area contributed by atoms with Crippen molar-refractivity contribution in [3.8, 4) is 0 Å². The summed E-state index contributed by atoms with van der Waals surface area (Å²) >= 11 is 0. The summed E-state index contributed by atoms with van der Waals surface area (Å²) in [5.41, 5.74) is 19.6. The third-order valence-corrected chi connectivity index (χ3v) is 0. The molecule has 0 aliphatic rings. The van der Waals surface area contributed by atoms with Crippen LogP contribution in [0.15, 0.2) is 0 Å². The van der Waals surface area contributed by atoms with E-state index in [0.29, 0.717) is 0 Å². The number of amides is 5. The molecule has 0 aliphatic heterocycles. The summed E-state index contributed by atoms with van der Waals surface area (Å²) in [6, 6.07) is 0. The average Bonchev–Trinajstić information content (AvgIpc) is 1.94. The minimum absolute atomic E-state index is 0. The SMILES string of the molecule is NC(=O)[O-].NC(=O)[O-].NC(=O)[O-].NC(=O)[O-].NC(=O)[O-].[V+5]. The van der Waals surface area contributed by atoms with Crippen LogP contribution in [-0.4, -0.2) is 30.5 Å². The summed E-state index contributed by atoms with van der Waals surface area (Å²) in [6.07, 6.45) is -7.92. The van der Waals surface area contributed by atoms with Gasteiger partial charge in [-0.2, -0.15) is 0 Å². The van der Waals surface area contributed by atoms with E-state index in [9.17, 15) is 0 Å². The molecule has 0 saturated heterocycles. The van der Waals surface area contributed by atoms with Crippen molar-refractivity contribution in [1.82, 2.24) is 0 Å². The average molecular weight is 351 g/mol. The van der Waals surface area contributed by atoms with Crippen LogP contribution in [0.5, 0.6) is 0 Å². The molecule has 0 rings (SSSR count). The summed E-state index contributed by atoms with van der Waals surface area (Å²) in [7, 11) is 0. The maximum absolute atomic E-state index is 8.67. The zero-order chi connectivity index (χ0) is 17.9. The van der Waals surface area contributed by atoms with Crippen LogP contribution >= 0.6 is 0 Å². The van der Waals surface area contributed by atoms with E-state index in [1.165, 1.54) is 0 Å². The fourth-order valence-electron chi connectivity index (χ4n) is 0. The molecule has 10 N–H and O–H groups in total. The molecule has 0 radical (unpaired) electrons. The van der Waals surface area contributed by atoms with Crippen molar-refractivity contribution in [2.75, 3.05) is 0 Å². The van der Waals surface area contributed by atoms with Crippen molar-refractivity contribution in [2.45, 2.75) is 0 Å². The van der Waals surface area contributed by atoms with Crippen molar-refractivity contribution < 1.29 is 68.1 Å². The Morgan fingerprint density at radius 2 is 0.429 bits per heavy atom. The molecular formula is C5H10N5O10V.